The van der Waals surface area contributed by atoms with Crippen LogP contribution in [0.1, 0.15) is 33.3 Å². The number of nitrogens with zero attached hydrogens (tertiary/aromatic N) is 3. The Balaban J connectivity index is 1.99. The van der Waals surface area contributed by atoms with Gasteiger partial charge in [0.15, 0.2) is 19.7 Å². The van der Waals surface area contributed by atoms with Crippen LogP contribution in [-0.4, -0.2) is 42.3 Å². The molecule has 36 heavy (non-hydrogen) atoms. The molecule has 9 nitrogen and oxygen atoms in total. The Bertz CT molecular complexity index is 1470. The fraction of sp³-hybridized carbons (Fsp3) is 0.318. The SMILES string of the molecule is CCS(=O)(=O)c1ccc(S(=O)(=O)C(C)(C)C)c(Nc2cc(Nc3ccc(C(F)(F)F)cn3)ncn2)c1. The summed E-state index contributed by atoms with van der Waals surface area (Å²) in [6.45, 7) is 6.03. The van der Waals surface area contributed by atoms with E-state index < -0.39 is 36.2 Å². The summed E-state index contributed by atoms with van der Waals surface area (Å²) in [5.74, 6) is 0.160. The highest BCUT2D eigenvalue weighted by atomic mass is 32.2. The van der Waals surface area contributed by atoms with E-state index >= 15 is 0 Å². The summed E-state index contributed by atoms with van der Waals surface area (Å²) in [5.41, 5.74) is -0.913. The molecular formula is C22H24F3N5O4S2. The van der Waals surface area contributed by atoms with Gasteiger partial charge >= 0.3 is 6.18 Å². The molecule has 0 radical (unpaired) electrons. The van der Waals surface area contributed by atoms with E-state index in [0.29, 0.717) is 6.20 Å². The quantitative estimate of drug-likeness (QED) is 0.434. The minimum absolute atomic E-state index is 0.00300. The molecule has 0 spiro atoms. The molecular weight excluding hydrogens is 519 g/mol. The number of sulfone groups is 2. The zero-order valence-corrected chi connectivity index (χ0v) is 21.4. The van der Waals surface area contributed by atoms with Crippen molar-refractivity contribution in [1.29, 1.82) is 0 Å². The van der Waals surface area contributed by atoms with Crippen molar-refractivity contribution in [2.75, 3.05) is 16.4 Å². The van der Waals surface area contributed by atoms with Crippen LogP contribution in [0.2, 0.25) is 0 Å². The third-order valence-electron chi connectivity index (χ3n) is 5.06. The molecule has 0 aliphatic rings. The van der Waals surface area contributed by atoms with Crippen molar-refractivity contribution in [2.24, 2.45) is 0 Å². The van der Waals surface area contributed by atoms with Crippen molar-refractivity contribution in [3.63, 3.8) is 0 Å². The van der Waals surface area contributed by atoms with Gasteiger partial charge in [-0.05, 0) is 51.1 Å². The highest BCUT2D eigenvalue weighted by Crippen LogP contribution is 2.34. The smallest absolute Gasteiger partial charge is 0.339 e. The molecule has 2 N–H and O–H groups in total. The minimum Gasteiger partial charge on any atom is -0.339 e. The number of pyridine rings is 1. The number of aromatic nitrogens is 3. The molecule has 0 saturated carbocycles. The molecule has 3 rings (SSSR count). The largest absolute Gasteiger partial charge is 0.417 e. The third-order valence-corrected chi connectivity index (χ3v) is 9.34. The fourth-order valence-corrected chi connectivity index (χ4v) is 5.14. The van der Waals surface area contributed by atoms with Gasteiger partial charge in [0.2, 0.25) is 0 Å². The van der Waals surface area contributed by atoms with E-state index in [-0.39, 0.29) is 38.7 Å². The number of benzene rings is 1. The molecule has 3 aromatic rings. The first-order chi connectivity index (χ1) is 16.5. The molecule has 0 saturated heterocycles. The predicted molar refractivity (Wildman–Crippen MR) is 129 cm³/mol. The van der Waals surface area contributed by atoms with E-state index in [0.717, 1.165) is 18.5 Å². The normalized spacial score (nSPS) is 12.9. The molecule has 194 valence electrons. The molecule has 14 heteroatoms. The summed E-state index contributed by atoms with van der Waals surface area (Å²) >= 11 is 0. The Morgan fingerprint density at radius 2 is 1.47 bits per heavy atom. The second kappa shape index (κ2) is 9.65. The van der Waals surface area contributed by atoms with Gasteiger partial charge in [0.25, 0.3) is 0 Å². The van der Waals surface area contributed by atoms with Gasteiger partial charge < -0.3 is 10.6 Å². The lowest BCUT2D eigenvalue weighted by Gasteiger charge is -2.22. The molecule has 0 fully saturated rings. The average Bonchev–Trinajstić information content (AvgIpc) is 2.78. The maximum atomic E-state index is 13.2. The fourth-order valence-electron chi connectivity index (χ4n) is 2.93. The third kappa shape index (κ3) is 5.93. The predicted octanol–water partition coefficient (Wildman–Crippen LogP) is 4.74. The second-order valence-corrected chi connectivity index (χ2v) is 13.6. The van der Waals surface area contributed by atoms with Gasteiger partial charge in [0.1, 0.15) is 23.8 Å². The number of hydrogen-bond acceptors (Lipinski definition) is 9. The first kappa shape index (κ1) is 27.3. The van der Waals surface area contributed by atoms with Crippen LogP contribution in [0.4, 0.5) is 36.3 Å². The highest BCUT2D eigenvalue weighted by Gasteiger charge is 2.34. The number of anilines is 4. The Hall–Kier alpha value is -3.26. The Labute approximate surface area is 207 Å². The highest BCUT2D eigenvalue weighted by molar-refractivity contribution is 7.93. The van der Waals surface area contributed by atoms with E-state index in [2.05, 4.69) is 25.6 Å². The lowest BCUT2D eigenvalue weighted by molar-refractivity contribution is -0.137. The van der Waals surface area contributed by atoms with Gasteiger partial charge in [0.05, 0.1) is 31.5 Å². The lowest BCUT2D eigenvalue weighted by atomic mass is 10.3. The Morgan fingerprint density at radius 3 is 2.00 bits per heavy atom. The van der Waals surface area contributed by atoms with E-state index in [1.807, 2.05) is 0 Å². The molecule has 0 amide bonds. The van der Waals surface area contributed by atoms with Crippen LogP contribution >= 0.6 is 0 Å². The molecule has 2 heterocycles. The number of hydrogen-bond donors (Lipinski definition) is 2. The summed E-state index contributed by atoms with van der Waals surface area (Å²) in [6.07, 6.45) is -2.71. The first-order valence-electron chi connectivity index (χ1n) is 10.6. The number of nitrogens with one attached hydrogen (secondary N) is 2. The van der Waals surface area contributed by atoms with Crippen LogP contribution in [0.15, 0.2) is 58.7 Å². The van der Waals surface area contributed by atoms with Gasteiger partial charge in [-0.1, -0.05) is 6.92 Å². The number of alkyl halides is 3. The Morgan fingerprint density at radius 1 is 0.833 bits per heavy atom. The first-order valence-corrected chi connectivity index (χ1v) is 13.7. The summed E-state index contributed by atoms with van der Waals surface area (Å²) in [5, 5.41) is 5.58. The van der Waals surface area contributed by atoms with Gasteiger partial charge in [-0.3, -0.25) is 0 Å². The van der Waals surface area contributed by atoms with Crippen molar-refractivity contribution < 1.29 is 30.0 Å². The van der Waals surface area contributed by atoms with Crippen molar-refractivity contribution in [2.45, 2.75) is 48.4 Å². The molecule has 0 atom stereocenters. The monoisotopic (exact) mass is 543 g/mol. The van der Waals surface area contributed by atoms with Crippen molar-refractivity contribution in [3.8, 4) is 0 Å². The molecule has 2 aromatic heterocycles. The zero-order chi connectivity index (χ0) is 26.9. The van der Waals surface area contributed by atoms with E-state index in [1.54, 1.807) is 0 Å². The van der Waals surface area contributed by atoms with Crippen molar-refractivity contribution in [3.05, 3.63) is 54.5 Å². The van der Waals surface area contributed by atoms with Gasteiger partial charge in [0, 0.05) is 12.3 Å². The maximum Gasteiger partial charge on any atom is 0.417 e. The van der Waals surface area contributed by atoms with Gasteiger partial charge in [-0.15, -0.1) is 0 Å². The average molecular weight is 544 g/mol. The van der Waals surface area contributed by atoms with Crippen LogP contribution in [-0.2, 0) is 25.9 Å². The topological polar surface area (TPSA) is 131 Å². The molecule has 1 aromatic carbocycles. The van der Waals surface area contributed by atoms with Crippen molar-refractivity contribution in [1.82, 2.24) is 15.0 Å². The lowest BCUT2D eigenvalue weighted by Crippen LogP contribution is -2.28. The minimum atomic E-state index is -4.53. The van der Waals surface area contributed by atoms with Crippen LogP contribution in [0.25, 0.3) is 0 Å². The summed E-state index contributed by atoms with van der Waals surface area (Å²) < 4.78 is 88.3. The molecule has 0 aliphatic heterocycles. The van der Waals surface area contributed by atoms with Crippen LogP contribution < -0.4 is 10.6 Å². The summed E-state index contributed by atoms with van der Waals surface area (Å²) in [7, 11) is -7.53. The van der Waals surface area contributed by atoms with Crippen molar-refractivity contribution >= 4 is 42.8 Å². The van der Waals surface area contributed by atoms with E-state index in [4.69, 9.17) is 0 Å². The summed E-state index contributed by atoms with van der Waals surface area (Å²) in [4.78, 5) is 11.6. The van der Waals surface area contributed by atoms with E-state index in [1.165, 1.54) is 52.0 Å². The van der Waals surface area contributed by atoms with Crippen LogP contribution in [0.5, 0.6) is 0 Å². The number of rotatable bonds is 7. The maximum absolute atomic E-state index is 13.2. The van der Waals surface area contributed by atoms with Crippen LogP contribution in [0.3, 0.4) is 0 Å². The van der Waals surface area contributed by atoms with E-state index in [9.17, 15) is 30.0 Å². The standard InChI is InChI=1S/C22H24F3N5O4S2/c1-5-35(31,32)15-7-8-17(36(33,34)21(2,3)4)16(10-15)29-19-11-20(28-13-27-19)30-18-9-6-14(12-26-18)22(23,24)25/h6-13H,5H2,1-4H3,(H2,26,27,28,29,30). The zero-order valence-electron chi connectivity index (χ0n) is 19.8. The van der Waals surface area contributed by atoms with Gasteiger partial charge in [-0.25, -0.2) is 31.8 Å². The second-order valence-electron chi connectivity index (χ2n) is 8.65. The Kier molecular flexibility index (Phi) is 7.33. The summed E-state index contributed by atoms with van der Waals surface area (Å²) in [6, 6.07) is 7.06. The molecule has 0 bridgehead atoms. The van der Waals surface area contributed by atoms with Gasteiger partial charge in [-0.2, -0.15) is 13.2 Å². The van der Waals surface area contributed by atoms with Crippen LogP contribution in [0, 0.1) is 0 Å². The number of halogens is 3. The molecule has 0 aliphatic carbocycles. The molecule has 0 unspecified atom stereocenters.